The lowest BCUT2D eigenvalue weighted by atomic mass is 10.0. The zero-order valence-corrected chi connectivity index (χ0v) is 30.6. The van der Waals surface area contributed by atoms with E-state index in [4.69, 9.17) is 9.84 Å². The number of hydrogen-bond donors (Lipinski definition) is 1. The van der Waals surface area contributed by atoms with Crippen LogP contribution in [0.1, 0.15) is 213 Å². The molecular formula is C42H76O4. The number of allylic oxidation sites excluding steroid dienone is 5. The molecule has 1 atom stereocenters. The Hall–Kier alpha value is -1.84. The van der Waals surface area contributed by atoms with Crippen LogP contribution in [0.15, 0.2) is 36.5 Å². The van der Waals surface area contributed by atoms with Gasteiger partial charge in [0.1, 0.15) is 6.10 Å². The Bertz CT molecular complexity index is 738. The number of rotatable bonds is 36. The fourth-order valence-corrected chi connectivity index (χ4v) is 5.83. The summed E-state index contributed by atoms with van der Waals surface area (Å²) >= 11 is 0. The minimum atomic E-state index is -0.703. The first-order valence-electron chi connectivity index (χ1n) is 20.0. The molecule has 4 nitrogen and oxygen atoms in total. The van der Waals surface area contributed by atoms with Gasteiger partial charge in [-0.15, -0.1) is 0 Å². The quantitative estimate of drug-likeness (QED) is 0.0419. The van der Waals surface area contributed by atoms with Crippen molar-refractivity contribution < 1.29 is 19.4 Å². The number of aliphatic carboxylic acids is 1. The van der Waals surface area contributed by atoms with Crippen LogP contribution >= 0.6 is 0 Å². The molecule has 1 N–H and O–H groups in total. The molecule has 0 saturated heterocycles. The molecule has 46 heavy (non-hydrogen) atoms. The Kier molecular flexibility index (Phi) is 36.1. The Morgan fingerprint density at radius 2 is 0.913 bits per heavy atom. The van der Waals surface area contributed by atoms with Crippen LogP contribution in [-0.2, 0) is 14.3 Å². The second kappa shape index (κ2) is 37.6. The lowest BCUT2D eigenvalue weighted by Crippen LogP contribution is -2.16. The summed E-state index contributed by atoms with van der Waals surface area (Å²) in [6.07, 6.45) is 49.0. The van der Waals surface area contributed by atoms with Crippen molar-refractivity contribution in [2.75, 3.05) is 0 Å². The van der Waals surface area contributed by atoms with Gasteiger partial charge < -0.3 is 9.84 Å². The van der Waals surface area contributed by atoms with Crippen molar-refractivity contribution in [3.63, 3.8) is 0 Å². The van der Waals surface area contributed by atoms with Crippen LogP contribution in [0.2, 0.25) is 0 Å². The second-order valence-electron chi connectivity index (χ2n) is 13.5. The Labute approximate surface area is 286 Å². The topological polar surface area (TPSA) is 63.6 Å². The molecule has 0 aliphatic carbocycles. The van der Waals surface area contributed by atoms with Gasteiger partial charge in [-0.2, -0.15) is 0 Å². The fraction of sp³-hybridized carbons (Fsp3) is 0.810. The molecule has 0 amide bonds. The normalized spacial score (nSPS) is 12.6. The molecule has 0 aliphatic heterocycles. The smallest absolute Gasteiger partial charge is 0.306 e. The van der Waals surface area contributed by atoms with Gasteiger partial charge >= 0.3 is 11.9 Å². The predicted octanol–water partition coefficient (Wildman–Crippen LogP) is 13.8. The summed E-state index contributed by atoms with van der Waals surface area (Å²) in [5.41, 5.74) is 0. The Balaban J connectivity index is 3.97. The van der Waals surface area contributed by atoms with Crippen molar-refractivity contribution in [2.24, 2.45) is 0 Å². The number of ether oxygens (including phenoxy) is 1. The highest BCUT2D eigenvalue weighted by Gasteiger charge is 2.11. The van der Waals surface area contributed by atoms with Crippen molar-refractivity contribution in [3.8, 4) is 0 Å². The highest BCUT2D eigenvalue weighted by molar-refractivity contribution is 5.69. The third kappa shape index (κ3) is 36.6. The number of carbonyl (C=O) groups excluding carboxylic acids is 1. The number of esters is 1. The number of hydrogen-bond acceptors (Lipinski definition) is 3. The van der Waals surface area contributed by atoms with E-state index in [9.17, 15) is 9.59 Å². The van der Waals surface area contributed by atoms with Crippen LogP contribution in [-0.4, -0.2) is 23.1 Å². The average molecular weight is 645 g/mol. The van der Waals surface area contributed by atoms with Crippen LogP contribution in [0.3, 0.4) is 0 Å². The van der Waals surface area contributed by atoms with Crippen LogP contribution in [0.5, 0.6) is 0 Å². The summed E-state index contributed by atoms with van der Waals surface area (Å²) in [5.74, 6) is -0.759. The first-order chi connectivity index (χ1) is 22.6. The number of carboxylic acid groups (broad SMARTS) is 1. The fourth-order valence-electron chi connectivity index (χ4n) is 5.83. The Morgan fingerprint density at radius 1 is 0.500 bits per heavy atom. The molecule has 0 fully saturated rings. The summed E-state index contributed by atoms with van der Waals surface area (Å²) in [4.78, 5) is 23.3. The predicted molar refractivity (Wildman–Crippen MR) is 199 cm³/mol. The van der Waals surface area contributed by atoms with E-state index >= 15 is 0 Å². The van der Waals surface area contributed by atoms with Gasteiger partial charge in [0.15, 0.2) is 0 Å². The first-order valence-corrected chi connectivity index (χ1v) is 20.0. The van der Waals surface area contributed by atoms with Gasteiger partial charge in [0, 0.05) is 12.8 Å². The highest BCUT2D eigenvalue weighted by Crippen LogP contribution is 2.16. The third-order valence-corrected chi connectivity index (χ3v) is 8.82. The SMILES string of the molecule is CCCCC/C=C\C/C=C\C(CCCCCCCCC(=O)O)OC(=O)CCCCCCCCCCC/C=C\CCCCCCCC. The van der Waals surface area contributed by atoms with Gasteiger partial charge in [0.05, 0.1) is 0 Å². The monoisotopic (exact) mass is 645 g/mol. The van der Waals surface area contributed by atoms with E-state index in [1.807, 2.05) is 0 Å². The van der Waals surface area contributed by atoms with Crippen LogP contribution in [0.25, 0.3) is 0 Å². The van der Waals surface area contributed by atoms with E-state index in [0.717, 1.165) is 70.6 Å². The van der Waals surface area contributed by atoms with E-state index in [1.165, 1.54) is 116 Å². The second-order valence-corrected chi connectivity index (χ2v) is 13.5. The van der Waals surface area contributed by atoms with E-state index in [2.05, 4.69) is 50.3 Å². The molecule has 268 valence electrons. The molecule has 0 spiro atoms. The standard InChI is InChI=1S/C42H76O4/c1-3-5-7-9-11-13-14-15-16-17-18-19-20-21-22-23-25-31-35-39-42(45)46-40(36-32-28-24-12-10-8-6-4-2)37-33-29-26-27-30-34-38-41(43)44/h12,15-16,24,32,36,40H,3-11,13-14,17-23,25-31,33-35,37-39H2,1-2H3,(H,43,44)/b16-15-,24-12-,36-32-. The molecule has 0 bridgehead atoms. The van der Waals surface area contributed by atoms with Crippen LogP contribution in [0, 0.1) is 0 Å². The van der Waals surface area contributed by atoms with Crippen molar-refractivity contribution in [2.45, 2.75) is 219 Å². The molecule has 0 aliphatic rings. The average Bonchev–Trinajstić information content (AvgIpc) is 3.04. The maximum Gasteiger partial charge on any atom is 0.306 e. The summed E-state index contributed by atoms with van der Waals surface area (Å²) in [6, 6.07) is 0. The Morgan fingerprint density at radius 3 is 1.46 bits per heavy atom. The lowest BCUT2D eigenvalue weighted by Gasteiger charge is -2.14. The minimum absolute atomic E-state index is 0.0561. The van der Waals surface area contributed by atoms with Gasteiger partial charge in [-0.05, 0) is 76.7 Å². The number of carboxylic acids is 1. The molecule has 0 heterocycles. The van der Waals surface area contributed by atoms with Crippen molar-refractivity contribution >= 4 is 11.9 Å². The zero-order chi connectivity index (χ0) is 33.6. The molecule has 4 heteroatoms. The largest absolute Gasteiger partial charge is 0.481 e. The van der Waals surface area contributed by atoms with Gasteiger partial charge in [0.25, 0.3) is 0 Å². The van der Waals surface area contributed by atoms with Crippen LogP contribution in [0.4, 0.5) is 0 Å². The van der Waals surface area contributed by atoms with Gasteiger partial charge in [-0.1, -0.05) is 160 Å². The van der Waals surface area contributed by atoms with Crippen molar-refractivity contribution in [1.82, 2.24) is 0 Å². The van der Waals surface area contributed by atoms with Gasteiger partial charge in [0.2, 0.25) is 0 Å². The van der Waals surface area contributed by atoms with E-state index in [-0.39, 0.29) is 18.5 Å². The maximum atomic E-state index is 12.6. The molecular weight excluding hydrogens is 568 g/mol. The van der Waals surface area contributed by atoms with Crippen LogP contribution < -0.4 is 0 Å². The molecule has 0 saturated carbocycles. The summed E-state index contributed by atoms with van der Waals surface area (Å²) in [6.45, 7) is 4.51. The van der Waals surface area contributed by atoms with Gasteiger partial charge in [-0.25, -0.2) is 0 Å². The zero-order valence-electron chi connectivity index (χ0n) is 30.6. The third-order valence-electron chi connectivity index (χ3n) is 8.82. The summed E-state index contributed by atoms with van der Waals surface area (Å²) in [5, 5.41) is 8.77. The molecule has 0 rings (SSSR count). The van der Waals surface area contributed by atoms with E-state index < -0.39 is 5.97 Å². The summed E-state index contributed by atoms with van der Waals surface area (Å²) < 4.78 is 5.90. The molecule has 0 radical (unpaired) electrons. The number of unbranched alkanes of at least 4 members (excludes halogenated alkanes) is 23. The molecule has 1 unspecified atom stereocenters. The summed E-state index contributed by atoms with van der Waals surface area (Å²) in [7, 11) is 0. The lowest BCUT2D eigenvalue weighted by molar-refractivity contribution is -0.147. The highest BCUT2D eigenvalue weighted by atomic mass is 16.5. The molecule has 0 aromatic rings. The van der Waals surface area contributed by atoms with Gasteiger partial charge in [-0.3, -0.25) is 9.59 Å². The van der Waals surface area contributed by atoms with Crippen molar-refractivity contribution in [1.29, 1.82) is 0 Å². The van der Waals surface area contributed by atoms with E-state index in [1.54, 1.807) is 0 Å². The van der Waals surface area contributed by atoms with E-state index in [0.29, 0.717) is 6.42 Å². The molecule has 0 aromatic heterocycles. The van der Waals surface area contributed by atoms with Crippen molar-refractivity contribution in [3.05, 3.63) is 36.5 Å². The maximum absolute atomic E-state index is 12.6. The molecule has 0 aromatic carbocycles. The number of carbonyl (C=O) groups is 2. The minimum Gasteiger partial charge on any atom is -0.481 e. The first kappa shape index (κ1) is 44.2.